The van der Waals surface area contributed by atoms with Crippen LogP contribution in [0.2, 0.25) is 0 Å². The van der Waals surface area contributed by atoms with Gasteiger partial charge in [0.05, 0.1) is 25.4 Å². The monoisotopic (exact) mass is 345 g/mol. The van der Waals surface area contributed by atoms with Crippen LogP contribution in [0.25, 0.3) is 0 Å². The minimum atomic E-state index is 0.138. The fraction of sp³-hybridized carbons (Fsp3) is 0.684. The smallest absolute Gasteiger partial charge is 0.248 e. The van der Waals surface area contributed by atoms with Crippen molar-refractivity contribution in [2.45, 2.75) is 37.8 Å². The number of fused-ring (bicyclic) bond motifs is 1. The van der Waals surface area contributed by atoms with Gasteiger partial charge in [0.15, 0.2) is 0 Å². The normalized spacial score (nSPS) is 29.0. The maximum absolute atomic E-state index is 12.1. The number of rotatable bonds is 5. The number of likely N-dealkylation sites (tertiary alicyclic amines) is 1. The minimum Gasteiger partial charge on any atom is -0.374 e. The van der Waals surface area contributed by atoms with E-state index in [1.807, 2.05) is 23.2 Å². The summed E-state index contributed by atoms with van der Waals surface area (Å²) >= 11 is 0. The Kier molecular flexibility index (Phi) is 5.17. The standard InChI is InChI=1S/C19H27N3O3/c23-19(21-7-3-4-8-21)14-24-13-15-11-16-17(12-15)25-10-9-22(16)18-5-1-2-6-20-18/h1-2,5-6,15-17H,3-4,7-14H2/t15?,16-,17-/m1/s1. The molecule has 4 rings (SSSR count). The third-order valence-electron chi connectivity index (χ3n) is 5.62. The molecule has 3 heterocycles. The maximum Gasteiger partial charge on any atom is 0.248 e. The van der Waals surface area contributed by atoms with Gasteiger partial charge in [-0.15, -0.1) is 0 Å². The fourth-order valence-corrected chi connectivity index (χ4v) is 4.37. The third-order valence-corrected chi connectivity index (χ3v) is 5.62. The molecule has 3 atom stereocenters. The van der Waals surface area contributed by atoms with Crippen LogP contribution in [0.5, 0.6) is 0 Å². The van der Waals surface area contributed by atoms with Crippen LogP contribution in [-0.2, 0) is 14.3 Å². The van der Waals surface area contributed by atoms with Crippen LogP contribution < -0.4 is 4.90 Å². The highest BCUT2D eigenvalue weighted by Gasteiger charge is 2.41. The van der Waals surface area contributed by atoms with Crippen LogP contribution in [0.15, 0.2) is 24.4 Å². The zero-order chi connectivity index (χ0) is 17.1. The maximum atomic E-state index is 12.1. The van der Waals surface area contributed by atoms with Gasteiger partial charge < -0.3 is 19.3 Å². The molecule has 3 aliphatic rings. The number of carbonyl (C=O) groups excluding carboxylic acids is 1. The summed E-state index contributed by atoms with van der Waals surface area (Å²) in [5.74, 6) is 1.62. The average Bonchev–Trinajstić information content (AvgIpc) is 3.31. The van der Waals surface area contributed by atoms with Crippen molar-refractivity contribution in [3.05, 3.63) is 24.4 Å². The Hall–Kier alpha value is -1.66. The molecule has 1 amide bonds. The highest BCUT2D eigenvalue weighted by atomic mass is 16.5. The van der Waals surface area contributed by atoms with Crippen LogP contribution in [0.4, 0.5) is 5.82 Å². The molecule has 0 bridgehead atoms. The largest absolute Gasteiger partial charge is 0.374 e. The van der Waals surface area contributed by atoms with E-state index in [0.29, 0.717) is 18.6 Å². The molecule has 6 nitrogen and oxygen atoms in total. The summed E-state index contributed by atoms with van der Waals surface area (Å²) in [4.78, 5) is 20.9. The number of ether oxygens (including phenoxy) is 2. The molecule has 1 aromatic heterocycles. The van der Waals surface area contributed by atoms with E-state index in [4.69, 9.17) is 9.47 Å². The van der Waals surface area contributed by atoms with Crippen LogP contribution >= 0.6 is 0 Å². The molecular formula is C19H27N3O3. The first-order valence-corrected chi connectivity index (χ1v) is 9.46. The third kappa shape index (κ3) is 3.80. The van der Waals surface area contributed by atoms with E-state index in [2.05, 4.69) is 16.0 Å². The zero-order valence-corrected chi connectivity index (χ0v) is 14.7. The number of hydrogen-bond donors (Lipinski definition) is 0. The molecule has 136 valence electrons. The second-order valence-electron chi connectivity index (χ2n) is 7.30. The summed E-state index contributed by atoms with van der Waals surface area (Å²) in [6.45, 7) is 4.28. The summed E-state index contributed by atoms with van der Waals surface area (Å²) in [6, 6.07) is 6.42. The molecule has 2 aliphatic heterocycles. The second-order valence-corrected chi connectivity index (χ2v) is 7.30. The number of carbonyl (C=O) groups is 1. The summed E-state index contributed by atoms with van der Waals surface area (Å²) in [7, 11) is 0. The lowest BCUT2D eigenvalue weighted by molar-refractivity contribution is -0.135. The average molecular weight is 345 g/mol. The lowest BCUT2D eigenvalue weighted by Gasteiger charge is -2.38. The number of morpholine rings is 1. The molecular weight excluding hydrogens is 318 g/mol. The van der Waals surface area contributed by atoms with Crippen molar-refractivity contribution in [1.82, 2.24) is 9.88 Å². The highest BCUT2D eigenvalue weighted by molar-refractivity contribution is 5.77. The topological polar surface area (TPSA) is 54.9 Å². The lowest BCUT2D eigenvalue weighted by atomic mass is 10.1. The number of pyridine rings is 1. The van der Waals surface area contributed by atoms with E-state index in [1.54, 1.807) is 0 Å². The second kappa shape index (κ2) is 7.70. The van der Waals surface area contributed by atoms with Crippen molar-refractivity contribution in [2.24, 2.45) is 5.92 Å². The Bertz CT molecular complexity index is 577. The molecule has 1 unspecified atom stereocenters. The van der Waals surface area contributed by atoms with Crippen molar-refractivity contribution in [3.8, 4) is 0 Å². The Balaban J connectivity index is 1.28. The highest BCUT2D eigenvalue weighted by Crippen LogP contribution is 2.36. The van der Waals surface area contributed by atoms with E-state index in [-0.39, 0.29) is 18.6 Å². The van der Waals surface area contributed by atoms with Crippen molar-refractivity contribution in [2.75, 3.05) is 44.4 Å². The summed E-state index contributed by atoms with van der Waals surface area (Å²) in [6.07, 6.45) is 6.39. The van der Waals surface area contributed by atoms with Gasteiger partial charge in [0.25, 0.3) is 0 Å². The van der Waals surface area contributed by atoms with Gasteiger partial charge in [0.1, 0.15) is 12.4 Å². The first kappa shape index (κ1) is 16.8. The van der Waals surface area contributed by atoms with E-state index >= 15 is 0 Å². The van der Waals surface area contributed by atoms with Gasteiger partial charge in [0.2, 0.25) is 5.91 Å². The number of aromatic nitrogens is 1. The molecule has 25 heavy (non-hydrogen) atoms. The number of amides is 1. The Morgan fingerprint density at radius 2 is 2.12 bits per heavy atom. The molecule has 0 spiro atoms. The molecule has 1 aliphatic carbocycles. The van der Waals surface area contributed by atoms with Crippen molar-refractivity contribution in [3.63, 3.8) is 0 Å². The Morgan fingerprint density at radius 1 is 1.24 bits per heavy atom. The lowest BCUT2D eigenvalue weighted by Crippen LogP contribution is -2.49. The predicted octanol–water partition coefficient (Wildman–Crippen LogP) is 1.70. The van der Waals surface area contributed by atoms with E-state index < -0.39 is 0 Å². The van der Waals surface area contributed by atoms with Crippen LogP contribution in [0.3, 0.4) is 0 Å². The molecule has 6 heteroatoms. The summed E-state index contributed by atoms with van der Waals surface area (Å²) in [5.41, 5.74) is 0. The Labute approximate surface area is 149 Å². The molecule has 3 fully saturated rings. The quantitative estimate of drug-likeness (QED) is 0.813. The van der Waals surface area contributed by atoms with E-state index in [9.17, 15) is 4.79 Å². The van der Waals surface area contributed by atoms with Gasteiger partial charge in [0, 0.05) is 25.8 Å². The zero-order valence-electron chi connectivity index (χ0n) is 14.7. The molecule has 1 aromatic rings. The summed E-state index contributed by atoms with van der Waals surface area (Å²) < 4.78 is 11.8. The van der Waals surface area contributed by atoms with Gasteiger partial charge in [-0.05, 0) is 43.7 Å². The molecule has 1 saturated carbocycles. The molecule has 0 radical (unpaired) electrons. The molecule has 0 N–H and O–H groups in total. The number of nitrogens with zero attached hydrogens (tertiary/aromatic N) is 3. The SMILES string of the molecule is O=C(COCC1C[C@@H]2[C@@H](C1)OCCN2c1ccccn1)N1CCCC1. The van der Waals surface area contributed by atoms with Gasteiger partial charge in [-0.1, -0.05) is 6.07 Å². The van der Waals surface area contributed by atoms with Gasteiger partial charge in [-0.25, -0.2) is 4.98 Å². The van der Waals surface area contributed by atoms with E-state index in [1.165, 1.54) is 0 Å². The van der Waals surface area contributed by atoms with Gasteiger partial charge in [-0.2, -0.15) is 0 Å². The van der Waals surface area contributed by atoms with Crippen LogP contribution in [-0.4, -0.2) is 67.4 Å². The number of anilines is 1. The minimum absolute atomic E-state index is 0.138. The number of hydrogen-bond acceptors (Lipinski definition) is 5. The van der Waals surface area contributed by atoms with Crippen LogP contribution in [0, 0.1) is 5.92 Å². The molecule has 2 saturated heterocycles. The van der Waals surface area contributed by atoms with E-state index in [0.717, 1.165) is 57.7 Å². The van der Waals surface area contributed by atoms with Gasteiger partial charge >= 0.3 is 0 Å². The van der Waals surface area contributed by atoms with Crippen LogP contribution in [0.1, 0.15) is 25.7 Å². The first-order chi connectivity index (χ1) is 12.3. The van der Waals surface area contributed by atoms with Crippen molar-refractivity contribution in [1.29, 1.82) is 0 Å². The Morgan fingerprint density at radius 3 is 2.92 bits per heavy atom. The predicted molar refractivity (Wildman–Crippen MR) is 94.5 cm³/mol. The summed E-state index contributed by atoms with van der Waals surface area (Å²) in [5, 5.41) is 0. The fourth-order valence-electron chi connectivity index (χ4n) is 4.37. The van der Waals surface area contributed by atoms with Gasteiger partial charge in [-0.3, -0.25) is 4.79 Å². The first-order valence-electron chi connectivity index (χ1n) is 9.46. The van der Waals surface area contributed by atoms with Crippen molar-refractivity contribution >= 4 is 11.7 Å². The molecule has 0 aromatic carbocycles. The van der Waals surface area contributed by atoms with Crippen molar-refractivity contribution < 1.29 is 14.3 Å².